The number of fused-ring (bicyclic) bond motifs is 1. The van der Waals surface area contributed by atoms with Crippen molar-refractivity contribution in [1.29, 1.82) is 5.26 Å². The topological polar surface area (TPSA) is 67.4 Å². The van der Waals surface area contributed by atoms with Gasteiger partial charge >= 0.3 is 0 Å². The van der Waals surface area contributed by atoms with E-state index in [-0.39, 0.29) is 0 Å². The summed E-state index contributed by atoms with van der Waals surface area (Å²) in [6.45, 7) is 2.01. The zero-order valence-electron chi connectivity index (χ0n) is 13.4. The first-order valence-corrected chi connectivity index (χ1v) is 8.09. The number of aryl methyl sites for hydroxylation is 1. The van der Waals surface area contributed by atoms with Gasteiger partial charge in [0.2, 0.25) is 0 Å². The fourth-order valence-electron chi connectivity index (χ4n) is 3.19. The Kier molecular flexibility index (Phi) is 3.58. The molecule has 2 heterocycles. The van der Waals surface area contributed by atoms with E-state index in [1.165, 1.54) is 0 Å². The van der Waals surface area contributed by atoms with E-state index in [1.807, 2.05) is 48.1 Å². The molecule has 0 bridgehead atoms. The van der Waals surface area contributed by atoms with Crippen LogP contribution in [0.5, 0.6) is 0 Å². The van der Waals surface area contributed by atoms with Crippen LogP contribution >= 0.6 is 0 Å². The molecule has 0 saturated heterocycles. The summed E-state index contributed by atoms with van der Waals surface area (Å²) in [4.78, 5) is 9.21. The third-order valence-corrected chi connectivity index (χ3v) is 4.61. The van der Waals surface area contributed by atoms with Crippen LogP contribution < -0.4 is 0 Å². The van der Waals surface area contributed by atoms with Crippen LogP contribution in [0.1, 0.15) is 24.6 Å². The minimum atomic E-state index is 0.402. The minimum absolute atomic E-state index is 0.402. The first kappa shape index (κ1) is 14.6. The fraction of sp³-hybridized carbons (Fsp3) is 0.263. The van der Waals surface area contributed by atoms with E-state index >= 15 is 0 Å². The van der Waals surface area contributed by atoms with Crippen LogP contribution in [0.4, 0.5) is 0 Å². The monoisotopic (exact) mass is 315 g/mol. The number of aromatic nitrogens is 4. The van der Waals surface area contributed by atoms with E-state index in [0.29, 0.717) is 12.0 Å². The minimum Gasteiger partial charge on any atom is -0.269 e. The highest BCUT2D eigenvalue weighted by Crippen LogP contribution is 2.39. The second-order valence-corrected chi connectivity index (χ2v) is 6.23. The van der Waals surface area contributed by atoms with Crippen LogP contribution in [0.2, 0.25) is 0 Å². The summed E-state index contributed by atoms with van der Waals surface area (Å²) in [5.41, 5.74) is 4.66. The van der Waals surface area contributed by atoms with E-state index in [1.54, 1.807) is 6.08 Å². The van der Waals surface area contributed by atoms with E-state index in [2.05, 4.69) is 22.3 Å². The number of rotatable bonds is 3. The molecule has 0 atom stereocenters. The van der Waals surface area contributed by atoms with Crippen molar-refractivity contribution in [1.82, 2.24) is 19.7 Å². The molecule has 0 spiro atoms. The maximum absolute atomic E-state index is 8.59. The molecule has 1 aromatic carbocycles. The number of allylic oxidation sites excluding steroid dienone is 2. The molecule has 1 aliphatic carbocycles. The van der Waals surface area contributed by atoms with Gasteiger partial charge in [-0.3, -0.25) is 9.67 Å². The summed E-state index contributed by atoms with van der Waals surface area (Å²) < 4.78 is 2.04. The maximum atomic E-state index is 8.59. The summed E-state index contributed by atoms with van der Waals surface area (Å²) in [5, 5.41) is 13.3. The van der Waals surface area contributed by atoms with Crippen molar-refractivity contribution >= 4 is 11.0 Å². The second kappa shape index (κ2) is 5.89. The quantitative estimate of drug-likeness (QED) is 0.689. The zero-order valence-corrected chi connectivity index (χ0v) is 13.4. The van der Waals surface area contributed by atoms with Crippen molar-refractivity contribution < 1.29 is 0 Å². The number of nitriles is 1. The van der Waals surface area contributed by atoms with Gasteiger partial charge in [0, 0.05) is 17.8 Å². The zero-order chi connectivity index (χ0) is 16.5. The highest BCUT2D eigenvalue weighted by atomic mass is 15.3. The van der Waals surface area contributed by atoms with E-state index in [0.717, 1.165) is 40.8 Å². The Morgan fingerprint density at radius 1 is 1.25 bits per heavy atom. The number of hydrogen-bond acceptors (Lipinski definition) is 4. The largest absolute Gasteiger partial charge is 0.269 e. The van der Waals surface area contributed by atoms with Crippen LogP contribution in [0.25, 0.3) is 22.3 Å². The molecule has 0 amide bonds. The molecule has 5 nitrogen and oxygen atoms in total. The smallest absolute Gasteiger partial charge is 0.0927 e. The number of nitrogens with zero attached hydrogens (tertiary/aromatic N) is 5. The summed E-state index contributed by atoms with van der Waals surface area (Å²) in [7, 11) is 0. The highest BCUT2D eigenvalue weighted by molar-refractivity contribution is 5.77. The number of para-hydroxylation sites is 2. The van der Waals surface area contributed by atoms with Crippen molar-refractivity contribution in [3.63, 3.8) is 0 Å². The third kappa shape index (κ3) is 2.56. The van der Waals surface area contributed by atoms with Gasteiger partial charge < -0.3 is 0 Å². The lowest BCUT2D eigenvalue weighted by molar-refractivity contribution is 0.224. The highest BCUT2D eigenvalue weighted by Gasteiger charge is 2.29. The van der Waals surface area contributed by atoms with Gasteiger partial charge in [0.25, 0.3) is 0 Å². The first-order valence-electron chi connectivity index (χ1n) is 8.09. The Morgan fingerprint density at radius 3 is 2.83 bits per heavy atom. The van der Waals surface area contributed by atoms with Gasteiger partial charge in [0.1, 0.15) is 0 Å². The average molecular weight is 315 g/mol. The summed E-state index contributed by atoms with van der Waals surface area (Å²) >= 11 is 0. The normalized spacial score (nSPS) is 20.2. The summed E-state index contributed by atoms with van der Waals surface area (Å²) in [6, 6.07) is 10.3. The average Bonchev–Trinajstić information content (AvgIpc) is 2.94. The van der Waals surface area contributed by atoms with Gasteiger partial charge in [-0.25, -0.2) is 4.98 Å². The molecule has 0 radical (unpaired) electrons. The number of benzene rings is 1. The molecule has 4 rings (SSSR count). The number of hydrogen-bond donors (Lipinski definition) is 0. The molecule has 1 saturated carbocycles. The molecular formula is C19H17N5. The lowest BCUT2D eigenvalue weighted by Gasteiger charge is -2.33. The standard InChI is InChI=1S/C19H17N5/c1-13-16(19-11-21-17-6-2-3-7-18(17)22-19)12-24(23-13)15-9-14(10-15)5-4-8-20/h2-7,11-12,14-15H,9-10H2,1H3/b5-4+. The van der Waals surface area contributed by atoms with Crippen LogP contribution in [0.3, 0.4) is 0 Å². The van der Waals surface area contributed by atoms with E-state index < -0.39 is 0 Å². The van der Waals surface area contributed by atoms with Crippen molar-refractivity contribution in [2.45, 2.75) is 25.8 Å². The lowest BCUT2D eigenvalue weighted by Crippen LogP contribution is -2.25. The Morgan fingerprint density at radius 2 is 2.04 bits per heavy atom. The SMILES string of the molecule is Cc1nn(C2CC(/C=C/C#N)C2)cc1-c1cnc2ccccc2n1. The van der Waals surface area contributed by atoms with Crippen molar-refractivity contribution in [2.24, 2.45) is 5.92 Å². The van der Waals surface area contributed by atoms with E-state index in [4.69, 9.17) is 10.2 Å². The molecule has 1 aliphatic rings. The maximum Gasteiger partial charge on any atom is 0.0927 e. The van der Waals surface area contributed by atoms with Crippen LogP contribution in [-0.4, -0.2) is 19.7 Å². The van der Waals surface area contributed by atoms with Crippen molar-refractivity contribution in [2.75, 3.05) is 0 Å². The van der Waals surface area contributed by atoms with Gasteiger partial charge in [-0.2, -0.15) is 10.4 Å². The third-order valence-electron chi connectivity index (χ3n) is 4.61. The van der Waals surface area contributed by atoms with Crippen molar-refractivity contribution in [3.8, 4) is 17.3 Å². The molecule has 0 unspecified atom stereocenters. The Bertz CT molecular complexity index is 957. The van der Waals surface area contributed by atoms with E-state index in [9.17, 15) is 0 Å². The second-order valence-electron chi connectivity index (χ2n) is 6.23. The molecule has 118 valence electrons. The predicted molar refractivity (Wildman–Crippen MR) is 92.0 cm³/mol. The summed E-state index contributed by atoms with van der Waals surface area (Å²) in [6.07, 6.45) is 9.51. The van der Waals surface area contributed by atoms with Gasteiger partial charge in [-0.05, 0) is 37.8 Å². The van der Waals surface area contributed by atoms with Gasteiger partial charge in [-0.15, -0.1) is 0 Å². The van der Waals surface area contributed by atoms with Crippen molar-refractivity contribution in [3.05, 3.63) is 54.5 Å². The fourth-order valence-corrected chi connectivity index (χ4v) is 3.19. The molecule has 24 heavy (non-hydrogen) atoms. The van der Waals surface area contributed by atoms with Gasteiger partial charge in [0.05, 0.1) is 40.7 Å². The lowest BCUT2D eigenvalue weighted by atomic mass is 9.80. The van der Waals surface area contributed by atoms with Crippen LogP contribution in [0, 0.1) is 24.2 Å². The molecule has 0 aliphatic heterocycles. The van der Waals surface area contributed by atoms with Crippen LogP contribution in [0.15, 0.2) is 48.8 Å². The first-order chi connectivity index (χ1) is 11.7. The Labute approximate surface area is 140 Å². The molecular weight excluding hydrogens is 298 g/mol. The summed E-state index contributed by atoms with van der Waals surface area (Å²) in [5.74, 6) is 0.489. The molecule has 1 fully saturated rings. The van der Waals surface area contributed by atoms with Crippen LogP contribution in [-0.2, 0) is 0 Å². The Balaban J connectivity index is 1.59. The molecule has 2 aromatic heterocycles. The Hall–Kier alpha value is -3.00. The predicted octanol–water partition coefficient (Wildman–Crippen LogP) is 3.83. The van der Waals surface area contributed by atoms with Gasteiger partial charge in [0.15, 0.2) is 0 Å². The van der Waals surface area contributed by atoms with Gasteiger partial charge in [-0.1, -0.05) is 18.2 Å². The molecule has 0 N–H and O–H groups in total. The molecule has 5 heteroatoms. The molecule has 3 aromatic rings.